The lowest BCUT2D eigenvalue weighted by molar-refractivity contribution is -0.137. The van der Waals surface area contributed by atoms with E-state index in [4.69, 9.17) is 16.6 Å². The maximum Gasteiger partial charge on any atom is 0.323 e. The number of amides is 2. The molecule has 0 saturated carbocycles. The van der Waals surface area contributed by atoms with Crippen molar-refractivity contribution < 1.29 is 19.8 Å². The van der Waals surface area contributed by atoms with Gasteiger partial charge in [-0.2, -0.15) is 0 Å². The van der Waals surface area contributed by atoms with Crippen LogP contribution < -0.4 is 0 Å². The normalized spacial score (nSPS) is 18.8. The fourth-order valence-electron chi connectivity index (χ4n) is 1.92. The Balaban J connectivity index is 2.70. The number of aliphatic hydroxyl groups excluding tert-OH is 1. The average Bonchev–Trinajstić information content (AvgIpc) is 2.74. The second kappa shape index (κ2) is 6.11. The molecule has 2 amide bonds. The van der Waals surface area contributed by atoms with E-state index in [1.54, 1.807) is 0 Å². The Hall–Kier alpha value is -1.74. The first-order chi connectivity index (χ1) is 8.10. The maximum atomic E-state index is 12.0. The highest BCUT2D eigenvalue weighted by atomic mass is 16.4. The summed E-state index contributed by atoms with van der Waals surface area (Å²) >= 11 is 0. The van der Waals surface area contributed by atoms with Gasteiger partial charge in [0.15, 0.2) is 0 Å². The van der Waals surface area contributed by atoms with Crippen LogP contribution in [-0.2, 0) is 4.79 Å². The van der Waals surface area contributed by atoms with Crippen molar-refractivity contribution in [3.05, 3.63) is 0 Å². The van der Waals surface area contributed by atoms with Crippen molar-refractivity contribution in [1.29, 1.82) is 0 Å². The Bertz CT molecular complexity index is 337. The van der Waals surface area contributed by atoms with Gasteiger partial charge < -0.3 is 20.0 Å². The third-order valence-electron chi connectivity index (χ3n) is 2.71. The highest BCUT2D eigenvalue weighted by molar-refractivity contribution is 5.80. The van der Waals surface area contributed by atoms with E-state index < -0.39 is 18.5 Å². The number of rotatable bonds is 4. The first-order valence-corrected chi connectivity index (χ1v) is 5.41. The van der Waals surface area contributed by atoms with E-state index in [0.717, 1.165) is 17.7 Å². The topological polar surface area (TPSA) is 81.1 Å². The lowest BCUT2D eigenvalue weighted by Gasteiger charge is -2.29. The van der Waals surface area contributed by atoms with Gasteiger partial charge in [0, 0.05) is 6.54 Å². The van der Waals surface area contributed by atoms with Gasteiger partial charge in [-0.05, 0) is 12.8 Å². The monoisotopic (exact) mass is 240 g/mol. The van der Waals surface area contributed by atoms with Gasteiger partial charge in [0.2, 0.25) is 0 Å². The molecule has 0 bridgehead atoms. The molecule has 0 aromatic carbocycles. The SMILES string of the molecule is C#CCN(CC(=O)O)C(=O)N1CCCC1CO. The summed E-state index contributed by atoms with van der Waals surface area (Å²) in [6.45, 7) is -0.0368. The van der Waals surface area contributed by atoms with Gasteiger partial charge in [0.05, 0.1) is 19.2 Å². The zero-order chi connectivity index (χ0) is 12.8. The summed E-state index contributed by atoms with van der Waals surface area (Å²) in [5.74, 6) is 1.16. The molecule has 1 heterocycles. The summed E-state index contributed by atoms with van der Waals surface area (Å²) in [4.78, 5) is 25.2. The predicted octanol–water partition coefficient (Wildman–Crippen LogP) is -0.417. The highest BCUT2D eigenvalue weighted by Gasteiger charge is 2.31. The first-order valence-electron chi connectivity index (χ1n) is 5.41. The van der Waals surface area contributed by atoms with Crippen LogP contribution in [0.1, 0.15) is 12.8 Å². The molecule has 17 heavy (non-hydrogen) atoms. The number of nitrogens with zero attached hydrogens (tertiary/aromatic N) is 2. The minimum atomic E-state index is -1.10. The summed E-state index contributed by atoms with van der Waals surface area (Å²) in [5, 5.41) is 17.8. The fraction of sp³-hybridized carbons (Fsp3) is 0.636. The molecule has 1 aliphatic heterocycles. The van der Waals surface area contributed by atoms with Gasteiger partial charge >= 0.3 is 12.0 Å². The summed E-state index contributed by atoms with van der Waals surface area (Å²) in [7, 11) is 0. The lowest BCUT2D eigenvalue weighted by atomic mass is 10.2. The van der Waals surface area contributed by atoms with E-state index in [2.05, 4.69) is 5.92 Å². The summed E-state index contributed by atoms with van der Waals surface area (Å²) in [5.41, 5.74) is 0. The molecule has 0 aliphatic carbocycles. The Morgan fingerprint density at radius 2 is 2.24 bits per heavy atom. The van der Waals surface area contributed by atoms with Crippen LogP contribution >= 0.6 is 0 Å². The van der Waals surface area contributed by atoms with Crippen LogP contribution in [-0.4, -0.2) is 64.3 Å². The zero-order valence-electron chi connectivity index (χ0n) is 9.50. The molecule has 6 nitrogen and oxygen atoms in total. The summed E-state index contributed by atoms with van der Waals surface area (Å²) < 4.78 is 0. The van der Waals surface area contributed by atoms with E-state index in [9.17, 15) is 9.59 Å². The molecule has 0 radical (unpaired) electrons. The summed E-state index contributed by atoms with van der Waals surface area (Å²) in [6.07, 6.45) is 6.65. The van der Waals surface area contributed by atoms with Crippen LogP contribution in [0, 0.1) is 12.3 Å². The number of carboxylic acids is 1. The van der Waals surface area contributed by atoms with E-state index in [1.165, 1.54) is 4.90 Å². The Morgan fingerprint density at radius 3 is 2.76 bits per heavy atom. The Labute approximate surface area is 99.8 Å². The van der Waals surface area contributed by atoms with Crippen LogP contribution in [0.3, 0.4) is 0 Å². The van der Waals surface area contributed by atoms with E-state index >= 15 is 0 Å². The number of aliphatic hydroxyl groups is 1. The van der Waals surface area contributed by atoms with E-state index in [0.29, 0.717) is 6.54 Å². The number of carbonyl (C=O) groups is 2. The number of likely N-dealkylation sites (tertiary alicyclic amines) is 1. The highest BCUT2D eigenvalue weighted by Crippen LogP contribution is 2.18. The number of aliphatic carboxylic acids is 1. The van der Waals surface area contributed by atoms with E-state index in [-0.39, 0.29) is 19.2 Å². The third kappa shape index (κ3) is 3.36. The molecule has 1 saturated heterocycles. The quantitative estimate of drug-likeness (QED) is 0.654. The minimum Gasteiger partial charge on any atom is -0.480 e. The molecule has 1 atom stereocenters. The van der Waals surface area contributed by atoms with Crippen LogP contribution in [0.5, 0.6) is 0 Å². The second-order valence-electron chi connectivity index (χ2n) is 3.91. The molecule has 6 heteroatoms. The standard InChI is InChI=1S/C11H16N2O4/c1-2-5-12(7-10(15)16)11(17)13-6-3-4-9(13)8-14/h1,9,14H,3-8H2,(H,15,16). The molecule has 1 rings (SSSR count). The third-order valence-corrected chi connectivity index (χ3v) is 2.71. The molecule has 1 fully saturated rings. The van der Waals surface area contributed by atoms with Gasteiger partial charge in [-0.15, -0.1) is 6.42 Å². The molecule has 0 aromatic heterocycles. The van der Waals surface area contributed by atoms with Crippen LogP contribution in [0.2, 0.25) is 0 Å². The maximum absolute atomic E-state index is 12.0. The van der Waals surface area contributed by atoms with Crippen LogP contribution in [0.4, 0.5) is 4.79 Å². The van der Waals surface area contributed by atoms with Crippen molar-refractivity contribution in [3.63, 3.8) is 0 Å². The number of hydrogen-bond acceptors (Lipinski definition) is 3. The molecule has 2 N–H and O–H groups in total. The molecule has 0 aromatic rings. The number of carbonyl (C=O) groups excluding carboxylic acids is 1. The van der Waals surface area contributed by atoms with Crippen molar-refractivity contribution in [2.75, 3.05) is 26.2 Å². The number of carboxylic acid groups (broad SMARTS) is 1. The van der Waals surface area contributed by atoms with Crippen molar-refractivity contribution in [2.45, 2.75) is 18.9 Å². The smallest absolute Gasteiger partial charge is 0.323 e. The Kier molecular flexibility index (Phi) is 4.79. The van der Waals surface area contributed by atoms with Gasteiger partial charge in [0.25, 0.3) is 0 Å². The number of urea groups is 1. The van der Waals surface area contributed by atoms with Crippen molar-refractivity contribution in [2.24, 2.45) is 0 Å². The van der Waals surface area contributed by atoms with Gasteiger partial charge in [-0.25, -0.2) is 4.79 Å². The van der Waals surface area contributed by atoms with Gasteiger partial charge in [0.1, 0.15) is 6.54 Å². The number of terminal acetylenes is 1. The second-order valence-corrected chi connectivity index (χ2v) is 3.91. The molecular weight excluding hydrogens is 224 g/mol. The number of hydrogen-bond donors (Lipinski definition) is 2. The van der Waals surface area contributed by atoms with Gasteiger partial charge in [-0.1, -0.05) is 5.92 Å². The van der Waals surface area contributed by atoms with Crippen LogP contribution in [0.25, 0.3) is 0 Å². The summed E-state index contributed by atoms with van der Waals surface area (Å²) in [6, 6.07) is -0.640. The zero-order valence-corrected chi connectivity index (χ0v) is 9.50. The average molecular weight is 240 g/mol. The van der Waals surface area contributed by atoms with Crippen molar-refractivity contribution in [1.82, 2.24) is 9.80 Å². The molecular formula is C11H16N2O4. The van der Waals surface area contributed by atoms with Gasteiger partial charge in [-0.3, -0.25) is 4.79 Å². The van der Waals surface area contributed by atoms with Crippen molar-refractivity contribution in [3.8, 4) is 12.3 Å². The Morgan fingerprint density at radius 1 is 1.53 bits per heavy atom. The van der Waals surface area contributed by atoms with Crippen LogP contribution in [0.15, 0.2) is 0 Å². The predicted molar refractivity (Wildman–Crippen MR) is 60.3 cm³/mol. The van der Waals surface area contributed by atoms with Crippen molar-refractivity contribution >= 4 is 12.0 Å². The largest absolute Gasteiger partial charge is 0.480 e. The minimum absolute atomic E-state index is 0.0419. The molecule has 94 valence electrons. The molecule has 0 spiro atoms. The fourth-order valence-corrected chi connectivity index (χ4v) is 1.92. The molecule has 1 aliphatic rings. The first kappa shape index (κ1) is 13.3. The molecule has 1 unspecified atom stereocenters. The van der Waals surface area contributed by atoms with E-state index in [1.807, 2.05) is 0 Å². The lowest BCUT2D eigenvalue weighted by Crippen LogP contribution is -2.48.